The van der Waals surface area contributed by atoms with Crippen molar-refractivity contribution in [1.29, 1.82) is 0 Å². The fourth-order valence-corrected chi connectivity index (χ4v) is 4.03. The molecule has 0 saturated carbocycles. The van der Waals surface area contributed by atoms with Crippen LogP contribution in [-0.4, -0.2) is 54.2 Å². The molecule has 3 rings (SSSR count). The zero-order valence-electron chi connectivity index (χ0n) is 12.6. The van der Waals surface area contributed by atoms with E-state index in [1.165, 1.54) is 0 Å². The number of guanidine groups is 1. The van der Waals surface area contributed by atoms with Gasteiger partial charge in [-0.3, -0.25) is 10.1 Å². The minimum absolute atomic E-state index is 0.111. The van der Waals surface area contributed by atoms with Gasteiger partial charge in [-0.15, -0.1) is 5.10 Å². The van der Waals surface area contributed by atoms with Crippen LogP contribution in [0.25, 0.3) is 11.6 Å². The van der Waals surface area contributed by atoms with Gasteiger partial charge in [0.05, 0.1) is 24.3 Å². The van der Waals surface area contributed by atoms with E-state index < -0.39 is 9.84 Å². The Labute approximate surface area is 133 Å². The first-order valence-corrected chi connectivity index (χ1v) is 9.00. The molecule has 23 heavy (non-hydrogen) atoms. The average Bonchev–Trinajstić information content (AvgIpc) is 3.23. The van der Waals surface area contributed by atoms with Crippen LogP contribution in [0.1, 0.15) is 12.2 Å². The van der Waals surface area contributed by atoms with E-state index in [9.17, 15) is 8.42 Å². The number of aromatic nitrogens is 3. The van der Waals surface area contributed by atoms with Gasteiger partial charge in [0.2, 0.25) is 5.82 Å². The molecule has 0 amide bonds. The molecule has 3 heterocycles. The first kappa shape index (κ1) is 15.5. The number of aliphatic imine (C=N–C) groups is 1. The molecule has 0 aromatic carbocycles. The summed E-state index contributed by atoms with van der Waals surface area (Å²) in [5.41, 5.74) is 0. The van der Waals surface area contributed by atoms with Crippen LogP contribution < -0.4 is 10.6 Å². The molecular weight excluding hydrogens is 320 g/mol. The molecule has 1 saturated heterocycles. The van der Waals surface area contributed by atoms with E-state index in [2.05, 4.69) is 30.8 Å². The van der Waals surface area contributed by atoms with Gasteiger partial charge in [-0.2, -0.15) is 0 Å². The maximum atomic E-state index is 11.5. The van der Waals surface area contributed by atoms with Crippen LogP contribution in [0.15, 0.2) is 27.8 Å². The molecule has 1 unspecified atom stereocenters. The standard InChI is InChI=1S/C13H18N6O3S/c1-14-13(16-9-4-6-23(20,21)8-9)15-7-11-17-12(19-18-11)10-3-2-5-22-10/h2-3,5,9H,4,6-8H2,1H3,(H2,14,15,16)(H,17,18,19). The first-order valence-electron chi connectivity index (χ1n) is 7.18. The molecule has 1 atom stereocenters. The molecule has 0 radical (unpaired) electrons. The molecule has 1 aliphatic heterocycles. The highest BCUT2D eigenvalue weighted by Crippen LogP contribution is 2.14. The van der Waals surface area contributed by atoms with Crippen molar-refractivity contribution >= 4 is 15.8 Å². The molecular formula is C13H18N6O3S. The topological polar surface area (TPSA) is 125 Å². The summed E-state index contributed by atoms with van der Waals surface area (Å²) >= 11 is 0. The predicted octanol–water partition coefficient (Wildman–Crippen LogP) is -0.0832. The van der Waals surface area contributed by atoms with Crippen LogP contribution >= 0.6 is 0 Å². The van der Waals surface area contributed by atoms with Crippen LogP contribution in [0.5, 0.6) is 0 Å². The second kappa shape index (κ2) is 6.41. The average molecular weight is 338 g/mol. The number of hydrogen-bond donors (Lipinski definition) is 3. The van der Waals surface area contributed by atoms with Gasteiger partial charge in [0.1, 0.15) is 5.82 Å². The van der Waals surface area contributed by atoms with E-state index in [0.717, 1.165) is 0 Å². The van der Waals surface area contributed by atoms with Crippen molar-refractivity contribution in [3.63, 3.8) is 0 Å². The smallest absolute Gasteiger partial charge is 0.216 e. The third-order valence-electron chi connectivity index (χ3n) is 3.49. The van der Waals surface area contributed by atoms with E-state index in [4.69, 9.17) is 4.42 Å². The van der Waals surface area contributed by atoms with Crippen LogP contribution in [0.4, 0.5) is 0 Å². The minimum atomic E-state index is -2.92. The number of aromatic amines is 1. The quantitative estimate of drug-likeness (QED) is 0.526. The van der Waals surface area contributed by atoms with E-state index in [-0.39, 0.29) is 17.5 Å². The Bertz CT molecular complexity index is 781. The van der Waals surface area contributed by atoms with Crippen molar-refractivity contribution in [1.82, 2.24) is 25.8 Å². The van der Waals surface area contributed by atoms with Crippen molar-refractivity contribution in [2.45, 2.75) is 19.0 Å². The van der Waals surface area contributed by atoms with Crippen LogP contribution in [-0.2, 0) is 16.4 Å². The molecule has 0 aliphatic carbocycles. The van der Waals surface area contributed by atoms with Crippen LogP contribution in [0, 0.1) is 0 Å². The summed E-state index contributed by atoms with van der Waals surface area (Å²) in [6.45, 7) is 0.382. The third-order valence-corrected chi connectivity index (χ3v) is 5.26. The highest BCUT2D eigenvalue weighted by Gasteiger charge is 2.28. The molecule has 2 aromatic rings. The minimum Gasteiger partial charge on any atom is -0.461 e. The van der Waals surface area contributed by atoms with Crippen molar-refractivity contribution < 1.29 is 12.8 Å². The lowest BCUT2D eigenvalue weighted by molar-refractivity contribution is 0.577. The number of sulfone groups is 1. The Hall–Kier alpha value is -2.36. The lowest BCUT2D eigenvalue weighted by atomic mass is 10.3. The maximum absolute atomic E-state index is 11.5. The second-order valence-electron chi connectivity index (χ2n) is 5.25. The van der Waals surface area contributed by atoms with E-state index in [1.54, 1.807) is 25.4 Å². The lowest BCUT2D eigenvalue weighted by Crippen LogP contribution is -2.43. The van der Waals surface area contributed by atoms with Gasteiger partial charge in [0, 0.05) is 13.1 Å². The lowest BCUT2D eigenvalue weighted by Gasteiger charge is -2.15. The zero-order valence-corrected chi connectivity index (χ0v) is 13.4. The molecule has 10 heteroatoms. The highest BCUT2D eigenvalue weighted by molar-refractivity contribution is 7.91. The second-order valence-corrected chi connectivity index (χ2v) is 7.48. The Morgan fingerprint density at radius 3 is 3.09 bits per heavy atom. The maximum Gasteiger partial charge on any atom is 0.216 e. The predicted molar refractivity (Wildman–Crippen MR) is 84.5 cm³/mol. The van der Waals surface area contributed by atoms with Gasteiger partial charge < -0.3 is 15.1 Å². The third kappa shape index (κ3) is 3.89. The Morgan fingerprint density at radius 1 is 1.57 bits per heavy atom. The van der Waals surface area contributed by atoms with E-state index >= 15 is 0 Å². The van der Waals surface area contributed by atoms with E-state index in [1.807, 2.05) is 0 Å². The van der Waals surface area contributed by atoms with Crippen molar-refractivity contribution in [3.05, 3.63) is 24.2 Å². The number of H-pyrrole nitrogens is 1. The molecule has 9 nitrogen and oxygen atoms in total. The highest BCUT2D eigenvalue weighted by atomic mass is 32.2. The summed E-state index contributed by atoms with van der Waals surface area (Å²) < 4.78 is 28.2. The van der Waals surface area contributed by atoms with Gasteiger partial charge in [0.25, 0.3) is 0 Å². The van der Waals surface area contributed by atoms with Gasteiger partial charge in [-0.1, -0.05) is 0 Å². The monoisotopic (exact) mass is 338 g/mol. The van der Waals surface area contributed by atoms with Gasteiger partial charge in [-0.25, -0.2) is 13.4 Å². The summed E-state index contributed by atoms with van der Waals surface area (Å²) in [5, 5.41) is 13.1. The number of hydrogen-bond acceptors (Lipinski definition) is 6. The number of nitrogens with one attached hydrogen (secondary N) is 3. The Morgan fingerprint density at radius 2 is 2.43 bits per heavy atom. The molecule has 1 aliphatic rings. The number of nitrogens with zero attached hydrogens (tertiary/aromatic N) is 3. The summed E-state index contributed by atoms with van der Waals surface area (Å²) in [7, 11) is -1.29. The molecule has 2 aromatic heterocycles. The normalized spacial score (nSPS) is 20.6. The van der Waals surface area contributed by atoms with Crippen molar-refractivity contribution in [2.24, 2.45) is 4.99 Å². The van der Waals surface area contributed by atoms with Gasteiger partial charge in [-0.05, 0) is 18.6 Å². The fourth-order valence-electron chi connectivity index (χ4n) is 2.35. The van der Waals surface area contributed by atoms with E-state index in [0.29, 0.717) is 36.3 Å². The largest absolute Gasteiger partial charge is 0.461 e. The molecule has 0 spiro atoms. The number of rotatable bonds is 4. The summed E-state index contributed by atoms with van der Waals surface area (Å²) in [5.74, 6) is 2.58. The van der Waals surface area contributed by atoms with Crippen molar-refractivity contribution in [2.75, 3.05) is 18.6 Å². The Balaban J connectivity index is 1.54. The van der Waals surface area contributed by atoms with Gasteiger partial charge in [0.15, 0.2) is 21.6 Å². The SMILES string of the molecule is CN=C(NCc1nc(-c2ccco2)n[nH]1)NC1CCS(=O)(=O)C1. The number of furan rings is 1. The van der Waals surface area contributed by atoms with Crippen LogP contribution in [0.3, 0.4) is 0 Å². The van der Waals surface area contributed by atoms with Gasteiger partial charge >= 0.3 is 0 Å². The molecule has 124 valence electrons. The first-order chi connectivity index (χ1) is 11.1. The molecule has 3 N–H and O–H groups in total. The zero-order chi connectivity index (χ0) is 16.3. The van der Waals surface area contributed by atoms with Crippen molar-refractivity contribution in [3.8, 4) is 11.6 Å². The summed E-state index contributed by atoms with van der Waals surface area (Å²) in [6.07, 6.45) is 2.15. The summed E-state index contributed by atoms with van der Waals surface area (Å²) in [6, 6.07) is 3.44. The van der Waals surface area contributed by atoms with Crippen LogP contribution in [0.2, 0.25) is 0 Å². The fraction of sp³-hybridized carbons (Fsp3) is 0.462. The molecule has 0 bridgehead atoms. The molecule has 1 fully saturated rings. The summed E-state index contributed by atoms with van der Waals surface area (Å²) in [4.78, 5) is 8.40. The Kier molecular flexibility index (Phi) is 4.33.